The number of hydrogen-bond acceptors (Lipinski definition) is 2. The first-order valence-corrected chi connectivity index (χ1v) is 15.4. The van der Waals surface area contributed by atoms with Crippen molar-refractivity contribution in [3.63, 3.8) is 0 Å². The summed E-state index contributed by atoms with van der Waals surface area (Å²) >= 11 is 1.91. The fourth-order valence-corrected chi connectivity index (χ4v) is 8.31. The molecule has 4 heterocycles. The van der Waals surface area contributed by atoms with Crippen molar-refractivity contribution < 1.29 is 0 Å². The molecule has 0 bridgehead atoms. The molecule has 0 radical (unpaired) electrons. The van der Waals surface area contributed by atoms with Gasteiger partial charge in [-0.15, -0.1) is 11.3 Å². The van der Waals surface area contributed by atoms with Gasteiger partial charge in [-0.25, -0.2) is 4.98 Å². The quantitative estimate of drug-likeness (QED) is 0.191. The summed E-state index contributed by atoms with van der Waals surface area (Å²) in [6.07, 6.45) is 4.14. The van der Waals surface area contributed by atoms with E-state index in [1.807, 2.05) is 35.7 Å². The van der Waals surface area contributed by atoms with Crippen LogP contribution in [-0.2, 0) is 0 Å². The van der Waals surface area contributed by atoms with E-state index in [2.05, 4.69) is 124 Å². The fraction of sp³-hybridized carbons (Fsp3) is 0. The summed E-state index contributed by atoms with van der Waals surface area (Å²) in [5.41, 5.74) is 6.67. The Morgan fingerprint density at radius 1 is 0.535 bits per heavy atom. The number of rotatable bonds is 2. The van der Waals surface area contributed by atoms with E-state index >= 15 is 0 Å². The molecule has 0 amide bonds. The van der Waals surface area contributed by atoms with Gasteiger partial charge in [0, 0.05) is 60.0 Å². The molecule has 0 N–H and O–H groups in total. The first-order chi connectivity index (χ1) is 21.3. The molecule has 0 atom stereocenters. The van der Waals surface area contributed by atoms with Gasteiger partial charge in [-0.1, -0.05) is 91.0 Å². The summed E-state index contributed by atoms with van der Waals surface area (Å²) in [6.45, 7) is 0. The molecule has 10 aromatic rings. The molecule has 0 spiro atoms. The predicted molar refractivity (Wildman–Crippen MR) is 183 cm³/mol. The van der Waals surface area contributed by atoms with Crippen LogP contribution >= 0.6 is 11.3 Å². The number of imidazole rings is 1. The second-order valence-corrected chi connectivity index (χ2v) is 12.3. The van der Waals surface area contributed by atoms with Gasteiger partial charge in [-0.3, -0.25) is 0 Å². The molecule has 0 aliphatic rings. The Bertz CT molecular complexity index is 2690. The van der Waals surface area contributed by atoms with Crippen molar-refractivity contribution in [1.82, 2.24) is 14.0 Å². The zero-order valence-electron chi connectivity index (χ0n) is 23.0. The van der Waals surface area contributed by atoms with Crippen LogP contribution in [0.5, 0.6) is 0 Å². The lowest BCUT2D eigenvalue weighted by atomic mass is 9.96. The number of benzene rings is 6. The van der Waals surface area contributed by atoms with Gasteiger partial charge in [0.15, 0.2) is 0 Å². The Morgan fingerprint density at radius 3 is 2.05 bits per heavy atom. The third-order valence-electron chi connectivity index (χ3n) is 8.93. The Hall–Kier alpha value is -5.45. The van der Waals surface area contributed by atoms with Crippen LogP contribution < -0.4 is 0 Å². The second-order valence-electron chi connectivity index (χ2n) is 11.2. The molecule has 6 aromatic carbocycles. The molecule has 0 fully saturated rings. The van der Waals surface area contributed by atoms with Crippen LogP contribution in [0.2, 0.25) is 0 Å². The van der Waals surface area contributed by atoms with E-state index in [1.165, 1.54) is 63.5 Å². The third-order valence-corrected chi connectivity index (χ3v) is 10.1. The molecule has 43 heavy (non-hydrogen) atoms. The van der Waals surface area contributed by atoms with Gasteiger partial charge < -0.3 is 8.97 Å². The molecule has 0 saturated heterocycles. The molecule has 0 unspecified atom stereocenters. The van der Waals surface area contributed by atoms with E-state index in [0.29, 0.717) is 0 Å². The summed E-state index contributed by atoms with van der Waals surface area (Å²) in [4.78, 5) is 4.86. The van der Waals surface area contributed by atoms with Crippen molar-refractivity contribution in [2.24, 2.45) is 0 Å². The van der Waals surface area contributed by atoms with E-state index in [-0.39, 0.29) is 0 Å². The molecule has 0 saturated carbocycles. The Balaban J connectivity index is 1.35. The molecule has 200 valence electrons. The minimum absolute atomic E-state index is 0.953. The summed E-state index contributed by atoms with van der Waals surface area (Å²) in [5.74, 6) is 0. The van der Waals surface area contributed by atoms with Gasteiger partial charge in [-0.2, -0.15) is 0 Å². The summed E-state index contributed by atoms with van der Waals surface area (Å²) < 4.78 is 7.23. The van der Waals surface area contributed by atoms with Crippen LogP contribution in [0.3, 0.4) is 0 Å². The molecular formula is C39H23N3S. The van der Waals surface area contributed by atoms with Crippen molar-refractivity contribution in [3.8, 4) is 16.9 Å². The van der Waals surface area contributed by atoms with E-state index in [0.717, 1.165) is 22.6 Å². The first kappa shape index (κ1) is 23.1. The van der Waals surface area contributed by atoms with Crippen LogP contribution in [0.25, 0.3) is 86.1 Å². The highest BCUT2D eigenvalue weighted by Gasteiger charge is 2.22. The molecule has 4 heteroatoms. The standard InChI is InChI=1S/C39H23N3S/c1-3-12-29-26(9-1)27-10-2-4-13-30(27)38-36(29)37-33(21-20-31-28-11-5-6-14-34(28)43-39(31)37)42(38)25-18-16-24(17-19-25)32-23-41-22-8-7-15-35(41)40-32/h1-23H. The zero-order chi connectivity index (χ0) is 28.1. The van der Waals surface area contributed by atoms with E-state index < -0.39 is 0 Å². The number of thiophene rings is 1. The summed E-state index contributed by atoms with van der Waals surface area (Å²) in [5, 5.41) is 10.5. The maximum atomic E-state index is 4.86. The lowest BCUT2D eigenvalue weighted by molar-refractivity contribution is 1.19. The lowest BCUT2D eigenvalue weighted by Gasteiger charge is -2.12. The van der Waals surface area contributed by atoms with Gasteiger partial charge >= 0.3 is 0 Å². The average molecular weight is 566 g/mol. The van der Waals surface area contributed by atoms with Crippen LogP contribution in [0.4, 0.5) is 0 Å². The number of hydrogen-bond donors (Lipinski definition) is 0. The number of pyridine rings is 1. The average Bonchev–Trinajstić information content (AvgIpc) is 3.77. The highest BCUT2D eigenvalue weighted by molar-refractivity contribution is 7.26. The van der Waals surface area contributed by atoms with Crippen LogP contribution in [0.15, 0.2) is 140 Å². The lowest BCUT2D eigenvalue weighted by Crippen LogP contribution is -1.95. The van der Waals surface area contributed by atoms with Gasteiger partial charge in [0.25, 0.3) is 0 Å². The normalized spacial score (nSPS) is 12.2. The van der Waals surface area contributed by atoms with Crippen molar-refractivity contribution >= 4 is 80.5 Å². The smallest absolute Gasteiger partial charge is 0.137 e. The van der Waals surface area contributed by atoms with E-state index in [4.69, 9.17) is 4.98 Å². The Labute approximate surface area is 250 Å². The monoisotopic (exact) mass is 565 g/mol. The van der Waals surface area contributed by atoms with Crippen LogP contribution in [0, 0.1) is 0 Å². The maximum Gasteiger partial charge on any atom is 0.137 e. The maximum absolute atomic E-state index is 4.86. The van der Waals surface area contributed by atoms with Gasteiger partial charge in [0.05, 0.1) is 16.7 Å². The Morgan fingerprint density at radius 2 is 1.23 bits per heavy atom. The SMILES string of the molecule is c1ccc2c(c1)sc1c2ccc2c1c1c3ccccc3c3ccccc3c1n2-c1ccc(-c2cn3ccccc3n2)cc1. The molecule has 0 aliphatic heterocycles. The van der Waals surface area contributed by atoms with E-state index in [9.17, 15) is 0 Å². The minimum atomic E-state index is 0.953. The first-order valence-electron chi connectivity index (χ1n) is 14.6. The highest BCUT2D eigenvalue weighted by Crippen LogP contribution is 2.47. The van der Waals surface area contributed by atoms with Crippen molar-refractivity contribution in [2.75, 3.05) is 0 Å². The Kier molecular flexibility index (Phi) is 4.60. The van der Waals surface area contributed by atoms with Gasteiger partial charge in [-0.05, 0) is 52.6 Å². The molecule has 3 nitrogen and oxygen atoms in total. The molecule has 0 aliphatic carbocycles. The van der Waals surface area contributed by atoms with Crippen LogP contribution in [0.1, 0.15) is 0 Å². The van der Waals surface area contributed by atoms with Gasteiger partial charge in [0.2, 0.25) is 0 Å². The van der Waals surface area contributed by atoms with Crippen LogP contribution in [-0.4, -0.2) is 14.0 Å². The van der Waals surface area contributed by atoms with Crippen molar-refractivity contribution in [1.29, 1.82) is 0 Å². The van der Waals surface area contributed by atoms with Gasteiger partial charge in [0.1, 0.15) is 5.65 Å². The predicted octanol–water partition coefficient (Wildman–Crippen LogP) is 10.8. The second kappa shape index (κ2) is 8.54. The third kappa shape index (κ3) is 3.16. The van der Waals surface area contributed by atoms with E-state index in [1.54, 1.807) is 0 Å². The fourth-order valence-electron chi connectivity index (χ4n) is 7.06. The number of nitrogens with zero attached hydrogens (tertiary/aromatic N) is 3. The number of aromatic nitrogens is 3. The number of fused-ring (bicyclic) bond motifs is 13. The molecule has 10 rings (SSSR count). The van der Waals surface area contributed by atoms with Crippen molar-refractivity contribution in [2.45, 2.75) is 0 Å². The topological polar surface area (TPSA) is 22.2 Å². The highest BCUT2D eigenvalue weighted by atomic mass is 32.1. The minimum Gasteiger partial charge on any atom is -0.309 e. The summed E-state index contributed by atoms with van der Waals surface area (Å²) in [7, 11) is 0. The molecule has 4 aromatic heterocycles. The zero-order valence-corrected chi connectivity index (χ0v) is 23.8. The molecular weight excluding hydrogens is 543 g/mol. The largest absolute Gasteiger partial charge is 0.309 e. The van der Waals surface area contributed by atoms with Crippen molar-refractivity contribution in [3.05, 3.63) is 140 Å². The summed E-state index contributed by atoms with van der Waals surface area (Å²) in [6, 6.07) is 46.2.